The summed E-state index contributed by atoms with van der Waals surface area (Å²) in [6, 6.07) is 8.94. The number of rotatable bonds is 5. The maximum atomic E-state index is 13.6. The van der Waals surface area contributed by atoms with Crippen molar-refractivity contribution in [1.29, 1.82) is 0 Å². The van der Waals surface area contributed by atoms with Crippen LogP contribution in [0.2, 0.25) is 0 Å². The van der Waals surface area contributed by atoms with Gasteiger partial charge in [0.05, 0.1) is 24.5 Å². The maximum absolute atomic E-state index is 13.6. The maximum Gasteiger partial charge on any atom is 0.418 e. The van der Waals surface area contributed by atoms with Crippen molar-refractivity contribution in [3.63, 3.8) is 0 Å². The zero-order chi connectivity index (χ0) is 21.0. The average Bonchev–Trinajstić information content (AvgIpc) is 2.68. The molecule has 0 bridgehead atoms. The minimum absolute atomic E-state index is 0.0639. The Morgan fingerprint density at radius 1 is 1.07 bits per heavy atom. The zero-order valence-corrected chi connectivity index (χ0v) is 15.8. The Morgan fingerprint density at radius 3 is 2.31 bits per heavy atom. The summed E-state index contributed by atoms with van der Waals surface area (Å²) < 4.78 is 70.6. The van der Waals surface area contributed by atoms with E-state index in [4.69, 9.17) is 4.74 Å². The van der Waals surface area contributed by atoms with Crippen LogP contribution in [0.3, 0.4) is 0 Å². The van der Waals surface area contributed by atoms with Gasteiger partial charge in [0.15, 0.2) is 0 Å². The van der Waals surface area contributed by atoms with E-state index in [0.29, 0.717) is 43.8 Å². The number of morpholine rings is 1. The molecule has 156 valence electrons. The Labute approximate surface area is 168 Å². The summed E-state index contributed by atoms with van der Waals surface area (Å²) in [5.74, 6) is -3.36. The first kappa shape index (κ1) is 21.4. The minimum Gasteiger partial charge on any atom is -0.378 e. The van der Waals surface area contributed by atoms with Crippen LogP contribution in [0.5, 0.6) is 0 Å². The van der Waals surface area contributed by atoms with Gasteiger partial charge in [-0.1, -0.05) is 11.8 Å². The van der Waals surface area contributed by atoms with Crippen LogP contribution in [0.1, 0.15) is 15.9 Å². The van der Waals surface area contributed by atoms with Gasteiger partial charge < -0.3 is 15.0 Å². The monoisotopic (exact) mass is 432 g/mol. The van der Waals surface area contributed by atoms with E-state index in [9.17, 15) is 26.7 Å². The molecular weight excluding hydrogens is 415 g/mol. The van der Waals surface area contributed by atoms with Crippen LogP contribution in [0, 0.1) is 0 Å². The number of halogens is 5. The first-order chi connectivity index (χ1) is 13.7. The summed E-state index contributed by atoms with van der Waals surface area (Å²) in [6.07, 6.45) is -4.66. The largest absolute Gasteiger partial charge is 0.418 e. The van der Waals surface area contributed by atoms with Gasteiger partial charge in [-0.05, 0) is 42.5 Å². The topological polar surface area (TPSA) is 41.6 Å². The molecule has 0 spiro atoms. The van der Waals surface area contributed by atoms with Gasteiger partial charge in [-0.15, -0.1) is 0 Å². The zero-order valence-electron chi connectivity index (χ0n) is 15.0. The molecule has 1 heterocycles. The molecule has 1 amide bonds. The molecule has 1 aliphatic heterocycles. The second-order valence-corrected chi connectivity index (χ2v) is 7.25. The Morgan fingerprint density at radius 2 is 1.72 bits per heavy atom. The van der Waals surface area contributed by atoms with Crippen molar-refractivity contribution in [3.05, 3.63) is 53.6 Å². The molecule has 1 saturated heterocycles. The summed E-state index contributed by atoms with van der Waals surface area (Å²) in [5.41, 5.74) is -0.869. The highest BCUT2D eigenvalue weighted by Gasteiger charge is 2.35. The van der Waals surface area contributed by atoms with Crippen molar-refractivity contribution in [1.82, 2.24) is 0 Å². The molecule has 2 aromatic carbocycles. The van der Waals surface area contributed by atoms with E-state index in [-0.39, 0.29) is 16.1 Å². The van der Waals surface area contributed by atoms with E-state index in [0.717, 1.165) is 6.07 Å². The lowest BCUT2D eigenvalue weighted by molar-refractivity contribution is -0.136. The molecule has 2 aromatic rings. The molecule has 3 rings (SSSR count). The van der Waals surface area contributed by atoms with Gasteiger partial charge in [0.1, 0.15) is 0 Å². The molecule has 10 heteroatoms. The summed E-state index contributed by atoms with van der Waals surface area (Å²) >= 11 is 0.316. The molecule has 0 aromatic heterocycles. The van der Waals surface area contributed by atoms with Gasteiger partial charge in [-0.2, -0.15) is 22.0 Å². The third kappa shape index (κ3) is 5.60. The lowest BCUT2D eigenvalue weighted by Crippen LogP contribution is -2.36. The average molecular weight is 432 g/mol. The van der Waals surface area contributed by atoms with E-state index in [1.54, 1.807) is 4.90 Å². The molecule has 1 fully saturated rings. The number of hydrogen-bond acceptors (Lipinski definition) is 4. The molecule has 0 atom stereocenters. The first-order valence-electron chi connectivity index (χ1n) is 8.64. The number of hydrogen-bond donors (Lipinski definition) is 1. The third-order valence-electron chi connectivity index (χ3n) is 4.27. The number of carbonyl (C=O) groups excluding carboxylic acids is 1. The quantitative estimate of drug-likeness (QED) is 0.527. The van der Waals surface area contributed by atoms with Crippen LogP contribution >= 0.6 is 11.8 Å². The highest BCUT2D eigenvalue weighted by atomic mass is 32.2. The fourth-order valence-corrected chi connectivity index (χ4v) is 3.38. The molecular formula is C19H17F5N2O2S. The number of nitrogens with zero attached hydrogens (tertiary/aromatic N) is 1. The van der Waals surface area contributed by atoms with Crippen LogP contribution in [0.25, 0.3) is 0 Å². The van der Waals surface area contributed by atoms with E-state index in [1.807, 2.05) is 0 Å². The standard InChI is InChI=1S/C19H17F5N2O2S/c20-18(21)29-14-4-1-12(2-5-14)17(27)25-16-6-3-13(11-15(16)19(22,23)24)26-7-9-28-10-8-26/h1-6,11,18H,7-10H2,(H,25,27). The Hall–Kier alpha value is -2.33. The van der Waals surface area contributed by atoms with Crippen LogP contribution in [-0.2, 0) is 10.9 Å². The number of nitrogens with one attached hydrogen (secondary N) is 1. The van der Waals surface area contributed by atoms with Gasteiger partial charge in [0.25, 0.3) is 11.7 Å². The van der Waals surface area contributed by atoms with E-state index in [2.05, 4.69) is 5.32 Å². The highest BCUT2D eigenvalue weighted by molar-refractivity contribution is 7.99. The first-order valence-corrected chi connectivity index (χ1v) is 9.52. The highest BCUT2D eigenvalue weighted by Crippen LogP contribution is 2.37. The van der Waals surface area contributed by atoms with Crippen LogP contribution < -0.4 is 10.2 Å². The molecule has 1 N–H and O–H groups in total. The lowest BCUT2D eigenvalue weighted by atomic mass is 10.1. The smallest absolute Gasteiger partial charge is 0.378 e. The molecule has 29 heavy (non-hydrogen) atoms. The Bertz CT molecular complexity index is 853. The van der Waals surface area contributed by atoms with Crippen molar-refractivity contribution in [2.24, 2.45) is 0 Å². The SMILES string of the molecule is O=C(Nc1ccc(N2CCOCC2)cc1C(F)(F)F)c1ccc(SC(F)F)cc1. The van der Waals surface area contributed by atoms with Crippen LogP contribution in [-0.4, -0.2) is 38.0 Å². The van der Waals surface area contributed by atoms with Crippen molar-refractivity contribution >= 4 is 29.0 Å². The van der Waals surface area contributed by atoms with Crippen molar-refractivity contribution < 1.29 is 31.5 Å². The number of thioether (sulfide) groups is 1. The second kappa shape index (κ2) is 9.00. The lowest BCUT2D eigenvalue weighted by Gasteiger charge is -2.29. The fourth-order valence-electron chi connectivity index (χ4n) is 2.88. The third-order valence-corrected chi connectivity index (χ3v) is 5.00. The summed E-state index contributed by atoms with van der Waals surface area (Å²) in [5, 5.41) is 2.27. The number of benzene rings is 2. The molecule has 4 nitrogen and oxygen atoms in total. The van der Waals surface area contributed by atoms with Crippen LogP contribution in [0.4, 0.5) is 33.3 Å². The molecule has 0 aliphatic carbocycles. The van der Waals surface area contributed by atoms with Gasteiger partial charge >= 0.3 is 6.18 Å². The van der Waals surface area contributed by atoms with E-state index < -0.39 is 23.4 Å². The number of amides is 1. The Kier molecular flexibility index (Phi) is 6.63. The second-order valence-electron chi connectivity index (χ2n) is 6.18. The predicted molar refractivity (Wildman–Crippen MR) is 101 cm³/mol. The number of anilines is 2. The van der Waals surface area contributed by atoms with Crippen molar-refractivity contribution in [3.8, 4) is 0 Å². The number of ether oxygens (including phenoxy) is 1. The Balaban J connectivity index is 1.81. The van der Waals surface area contributed by atoms with Crippen LogP contribution in [0.15, 0.2) is 47.4 Å². The van der Waals surface area contributed by atoms with Gasteiger partial charge in [0, 0.05) is 29.2 Å². The van der Waals surface area contributed by atoms with Gasteiger partial charge in [0.2, 0.25) is 0 Å². The molecule has 0 unspecified atom stereocenters. The molecule has 1 aliphatic rings. The van der Waals surface area contributed by atoms with Crippen molar-refractivity contribution in [2.75, 3.05) is 36.5 Å². The number of alkyl halides is 5. The summed E-state index contributed by atoms with van der Waals surface area (Å²) in [4.78, 5) is 14.4. The molecule has 0 radical (unpaired) electrons. The minimum atomic E-state index is -4.66. The number of carbonyl (C=O) groups is 1. The summed E-state index contributed by atoms with van der Waals surface area (Å²) in [7, 11) is 0. The fraction of sp³-hybridized carbons (Fsp3) is 0.316. The summed E-state index contributed by atoms with van der Waals surface area (Å²) in [6.45, 7) is 1.82. The van der Waals surface area contributed by atoms with E-state index in [1.165, 1.54) is 36.4 Å². The van der Waals surface area contributed by atoms with Gasteiger partial charge in [-0.3, -0.25) is 4.79 Å². The molecule has 0 saturated carbocycles. The predicted octanol–water partition coefficient (Wildman–Crippen LogP) is 5.11. The van der Waals surface area contributed by atoms with Crippen molar-refractivity contribution in [2.45, 2.75) is 16.8 Å². The van der Waals surface area contributed by atoms with E-state index >= 15 is 0 Å². The normalized spacial score (nSPS) is 14.9. The van der Waals surface area contributed by atoms with Gasteiger partial charge in [-0.25, -0.2) is 0 Å².